The molecule has 1 aliphatic heterocycles. The molecular weight excluding hydrogens is 414 g/mol. The molecule has 152 valence electrons. The van der Waals surface area contributed by atoms with Crippen LogP contribution in [-0.4, -0.2) is 42.1 Å². The molecule has 2 aromatic heterocycles. The van der Waals surface area contributed by atoms with E-state index in [4.69, 9.17) is 9.72 Å². The van der Waals surface area contributed by atoms with Crippen molar-refractivity contribution in [3.63, 3.8) is 0 Å². The number of benzene rings is 2. The maximum absolute atomic E-state index is 12.8. The van der Waals surface area contributed by atoms with Crippen molar-refractivity contribution in [3.8, 4) is 9.88 Å². The maximum Gasteiger partial charge on any atom is 0.265 e. The number of anilines is 1. The number of para-hydroxylation sites is 1. The molecule has 0 saturated carbocycles. The first-order chi connectivity index (χ1) is 14.7. The first-order valence-corrected chi connectivity index (χ1v) is 11.5. The van der Waals surface area contributed by atoms with Crippen molar-refractivity contribution in [2.24, 2.45) is 0 Å². The van der Waals surface area contributed by atoms with E-state index in [2.05, 4.69) is 28.4 Å². The van der Waals surface area contributed by atoms with Crippen LogP contribution in [0.15, 0.2) is 60.7 Å². The fourth-order valence-electron chi connectivity index (χ4n) is 3.51. The van der Waals surface area contributed by atoms with Gasteiger partial charge in [0.25, 0.3) is 5.91 Å². The minimum absolute atomic E-state index is 0.0871. The van der Waals surface area contributed by atoms with Gasteiger partial charge in [0.15, 0.2) is 0 Å². The zero-order valence-corrected chi connectivity index (χ0v) is 18.0. The van der Waals surface area contributed by atoms with Gasteiger partial charge in [-0.15, -0.1) is 22.7 Å². The summed E-state index contributed by atoms with van der Waals surface area (Å²) in [4.78, 5) is 21.5. The summed E-state index contributed by atoms with van der Waals surface area (Å²) < 4.78 is 6.57. The third-order valence-corrected chi connectivity index (χ3v) is 7.32. The normalized spacial score (nSPS) is 14.8. The van der Waals surface area contributed by atoms with Crippen LogP contribution in [0.3, 0.4) is 0 Å². The highest BCUT2D eigenvalue weighted by Gasteiger charge is 2.14. The lowest BCUT2D eigenvalue weighted by atomic mass is 10.2. The van der Waals surface area contributed by atoms with Crippen LogP contribution in [0.1, 0.15) is 15.2 Å². The van der Waals surface area contributed by atoms with Gasteiger partial charge in [-0.1, -0.05) is 24.3 Å². The van der Waals surface area contributed by atoms with Crippen LogP contribution in [0.4, 0.5) is 5.69 Å². The number of hydrogen-bond donors (Lipinski definition) is 1. The van der Waals surface area contributed by atoms with E-state index in [0.29, 0.717) is 4.88 Å². The lowest BCUT2D eigenvalue weighted by Gasteiger charge is -2.26. The second-order valence-corrected chi connectivity index (χ2v) is 9.31. The van der Waals surface area contributed by atoms with Gasteiger partial charge in [0.2, 0.25) is 0 Å². The maximum atomic E-state index is 12.8. The van der Waals surface area contributed by atoms with Crippen molar-refractivity contribution >= 4 is 44.5 Å². The van der Waals surface area contributed by atoms with Gasteiger partial charge in [0.1, 0.15) is 5.01 Å². The molecule has 4 aromatic rings. The molecule has 5 rings (SSSR count). The third kappa shape index (κ3) is 4.29. The lowest BCUT2D eigenvalue weighted by Crippen LogP contribution is -2.35. The average molecular weight is 436 g/mol. The molecule has 0 unspecified atom stereocenters. The summed E-state index contributed by atoms with van der Waals surface area (Å²) in [6.45, 7) is 4.33. The van der Waals surface area contributed by atoms with Crippen molar-refractivity contribution in [1.82, 2.24) is 9.88 Å². The zero-order valence-electron chi connectivity index (χ0n) is 16.3. The number of nitrogens with one attached hydrogen (secondary N) is 1. The number of morpholine rings is 1. The first kappa shape index (κ1) is 19.4. The van der Waals surface area contributed by atoms with Gasteiger partial charge >= 0.3 is 0 Å². The van der Waals surface area contributed by atoms with Gasteiger partial charge in [0, 0.05) is 25.3 Å². The monoisotopic (exact) mass is 435 g/mol. The standard InChI is InChI=1S/C23H21N3O2S2/c27-22(24-17-5-3-4-16(14-17)15-26-10-12-28-13-11-26)20-8-9-21(29-20)23-25-18-6-1-2-7-19(18)30-23/h1-9,14H,10-13,15H2,(H,24,27). The molecule has 0 aliphatic carbocycles. The average Bonchev–Trinajstić information content (AvgIpc) is 3.42. The van der Waals surface area contributed by atoms with E-state index in [0.717, 1.165) is 58.6 Å². The van der Waals surface area contributed by atoms with E-state index in [9.17, 15) is 4.79 Å². The van der Waals surface area contributed by atoms with Crippen molar-refractivity contribution < 1.29 is 9.53 Å². The molecule has 3 heterocycles. The molecule has 1 N–H and O–H groups in total. The van der Waals surface area contributed by atoms with E-state index < -0.39 is 0 Å². The van der Waals surface area contributed by atoms with E-state index in [-0.39, 0.29) is 5.91 Å². The predicted octanol–water partition coefficient (Wildman–Crippen LogP) is 5.11. The van der Waals surface area contributed by atoms with E-state index in [1.807, 2.05) is 42.5 Å². The number of rotatable bonds is 5. The van der Waals surface area contributed by atoms with Gasteiger partial charge in [0.05, 0.1) is 33.2 Å². The summed E-state index contributed by atoms with van der Waals surface area (Å²) in [6, 6.07) is 20.0. The summed E-state index contributed by atoms with van der Waals surface area (Å²) in [5.74, 6) is -0.0871. The number of thiazole rings is 1. The number of fused-ring (bicyclic) bond motifs is 1. The fourth-order valence-corrected chi connectivity index (χ4v) is 5.43. The van der Waals surface area contributed by atoms with Crippen LogP contribution in [-0.2, 0) is 11.3 Å². The van der Waals surface area contributed by atoms with Crippen LogP contribution in [0.5, 0.6) is 0 Å². The fraction of sp³-hybridized carbons (Fsp3) is 0.217. The third-order valence-electron chi connectivity index (χ3n) is 5.03. The molecule has 1 amide bonds. The van der Waals surface area contributed by atoms with Crippen LogP contribution in [0.25, 0.3) is 20.1 Å². The Bertz CT molecular complexity index is 1140. The lowest BCUT2D eigenvalue weighted by molar-refractivity contribution is 0.0342. The Morgan fingerprint density at radius 3 is 2.77 bits per heavy atom. The van der Waals surface area contributed by atoms with Gasteiger partial charge in [-0.25, -0.2) is 4.98 Å². The van der Waals surface area contributed by atoms with Gasteiger partial charge in [-0.3, -0.25) is 9.69 Å². The highest BCUT2D eigenvalue weighted by Crippen LogP contribution is 2.34. The second-order valence-electron chi connectivity index (χ2n) is 7.19. The molecule has 2 aromatic carbocycles. The Labute approximate surface area is 182 Å². The van der Waals surface area contributed by atoms with Crippen molar-refractivity contribution in [2.45, 2.75) is 6.54 Å². The number of hydrogen-bond acceptors (Lipinski definition) is 6. The van der Waals surface area contributed by atoms with Gasteiger partial charge in [-0.05, 0) is 42.0 Å². The Morgan fingerprint density at radius 2 is 1.90 bits per heavy atom. The van der Waals surface area contributed by atoms with E-state index >= 15 is 0 Å². The van der Waals surface area contributed by atoms with Crippen LogP contribution < -0.4 is 5.32 Å². The number of ether oxygens (including phenoxy) is 1. The topological polar surface area (TPSA) is 54.5 Å². The molecular formula is C23H21N3O2S2. The Hall–Kier alpha value is -2.58. The SMILES string of the molecule is O=C(Nc1cccc(CN2CCOCC2)c1)c1ccc(-c2nc3ccccc3s2)s1. The van der Waals surface area contributed by atoms with Gasteiger partial charge < -0.3 is 10.1 Å². The molecule has 0 spiro atoms. The molecule has 1 fully saturated rings. The van der Waals surface area contributed by atoms with Crippen molar-refractivity contribution in [3.05, 3.63) is 71.1 Å². The number of thiophene rings is 1. The largest absolute Gasteiger partial charge is 0.379 e. The minimum Gasteiger partial charge on any atom is -0.379 e. The molecule has 7 heteroatoms. The Morgan fingerprint density at radius 1 is 1.03 bits per heavy atom. The number of amides is 1. The number of nitrogens with zero attached hydrogens (tertiary/aromatic N) is 2. The smallest absolute Gasteiger partial charge is 0.265 e. The Kier molecular flexibility index (Phi) is 5.59. The summed E-state index contributed by atoms with van der Waals surface area (Å²) in [7, 11) is 0. The second kappa shape index (κ2) is 8.65. The summed E-state index contributed by atoms with van der Waals surface area (Å²) in [5, 5.41) is 3.99. The van der Waals surface area contributed by atoms with Gasteiger partial charge in [-0.2, -0.15) is 0 Å². The number of carbonyl (C=O) groups excluding carboxylic acids is 1. The van der Waals surface area contributed by atoms with Crippen LogP contribution in [0, 0.1) is 0 Å². The molecule has 0 bridgehead atoms. The number of aromatic nitrogens is 1. The van der Waals surface area contributed by atoms with Crippen molar-refractivity contribution in [1.29, 1.82) is 0 Å². The highest BCUT2D eigenvalue weighted by molar-refractivity contribution is 7.26. The molecule has 1 saturated heterocycles. The van der Waals surface area contributed by atoms with E-state index in [1.165, 1.54) is 16.9 Å². The molecule has 30 heavy (non-hydrogen) atoms. The molecule has 0 radical (unpaired) electrons. The summed E-state index contributed by atoms with van der Waals surface area (Å²) in [5.41, 5.74) is 3.01. The molecule has 1 aliphatic rings. The minimum atomic E-state index is -0.0871. The van der Waals surface area contributed by atoms with Crippen LogP contribution >= 0.6 is 22.7 Å². The number of carbonyl (C=O) groups is 1. The summed E-state index contributed by atoms with van der Waals surface area (Å²) >= 11 is 3.13. The van der Waals surface area contributed by atoms with Crippen LogP contribution in [0.2, 0.25) is 0 Å². The molecule has 0 atom stereocenters. The highest BCUT2D eigenvalue weighted by atomic mass is 32.1. The quantitative estimate of drug-likeness (QED) is 0.473. The predicted molar refractivity (Wildman–Crippen MR) is 123 cm³/mol. The zero-order chi connectivity index (χ0) is 20.3. The Balaban J connectivity index is 1.28. The van der Waals surface area contributed by atoms with Crippen molar-refractivity contribution in [2.75, 3.05) is 31.6 Å². The molecule has 5 nitrogen and oxygen atoms in total. The van der Waals surface area contributed by atoms with E-state index in [1.54, 1.807) is 11.3 Å². The summed E-state index contributed by atoms with van der Waals surface area (Å²) in [6.07, 6.45) is 0. The first-order valence-electron chi connectivity index (χ1n) is 9.91.